The van der Waals surface area contributed by atoms with E-state index in [9.17, 15) is 14.7 Å². The normalized spacial score (nSPS) is 16.6. The molecular formula is C23H28ClN3O3S. The number of aromatic nitrogens is 1. The van der Waals surface area contributed by atoms with Gasteiger partial charge in [-0.1, -0.05) is 37.6 Å². The Bertz CT molecular complexity index is 996. The van der Waals surface area contributed by atoms with E-state index in [1.807, 2.05) is 6.92 Å². The number of hydrogen-bond acceptors (Lipinski definition) is 6. The molecule has 6 nitrogen and oxygen atoms in total. The predicted molar refractivity (Wildman–Crippen MR) is 124 cm³/mol. The van der Waals surface area contributed by atoms with E-state index < -0.39 is 17.7 Å². The molecule has 1 aromatic carbocycles. The number of benzene rings is 1. The first-order valence-electron chi connectivity index (χ1n) is 10.5. The zero-order chi connectivity index (χ0) is 22.7. The second-order valence-corrected chi connectivity index (χ2v) is 9.21. The topological polar surface area (TPSA) is 73.7 Å². The lowest BCUT2D eigenvalue weighted by Crippen LogP contribution is -2.34. The van der Waals surface area contributed by atoms with Crippen molar-refractivity contribution in [1.82, 2.24) is 14.8 Å². The van der Waals surface area contributed by atoms with Gasteiger partial charge in [0, 0.05) is 11.6 Å². The summed E-state index contributed by atoms with van der Waals surface area (Å²) in [7, 11) is 0. The highest BCUT2D eigenvalue weighted by Gasteiger charge is 2.44. The van der Waals surface area contributed by atoms with Crippen molar-refractivity contribution < 1.29 is 14.7 Å². The summed E-state index contributed by atoms with van der Waals surface area (Å²) in [6.45, 7) is 10.9. The van der Waals surface area contributed by atoms with E-state index >= 15 is 0 Å². The number of thiazole rings is 1. The number of rotatable bonds is 9. The van der Waals surface area contributed by atoms with Gasteiger partial charge in [0.15, 0.2) is 5.76 Å². The van der Waals surface area contributed by atoms with Gasteiger partial charge < -0.3 is 14.9 Å². The maximum atomic E-state index is 13.4. The fraction of sp³-hybridized carbons (Fsp3) is 0.435. The van der Waals surface area contributed by atoms with Crippen LogP contribution in [-0.2, 0) is 4.79 Å². The van der Waals surface area contributed by atoms with E-state index in [-0.39, 0.29) is 11.4 Å². The number of aliphatic hydroxyl groups excluding tert-OH is 1. The number of ketones is 1. The smallest absolute Gasteiger partial charge is 0.290 e. The first-order chi connectivity index (χ1) is 14.8. The number of amides is 1. The Kier molecular flexibility index (Phi) is 7.51. The Morgan fingerprint density at radius 3 is 2.42 bits per heavy atom. The van der Waals surface area contributed by atoms with E-state index in [2.05, 4.69) is 23.7 Å². The molecule has 1 unspecified atom stereocenters. The highest BCUT2D eigenvalue weighted by Crippen LogP contribution is 2.40. The number of nitrogens with zero attached hydrogens (tertiary/aromatic N) is 3. The van der Waals surface area contributed by atoms with Gasteiger partial charge >= 0.3 is 0 Å². The molecule has 31 heavy (non-hydrogen) atoms. The van der Waals surface area contributed by atoms with Crippen molar-refractivity contribution >= 4 is 34.6 Å². The lowest BCUT2D eigenvalue weighted by molar-refractivity contribution is -0.129. The molecule has 1 N–H and O–H groups in total. The largest absolute Gasteiger partial charge is 0.503 e. The van der Waals surface area contributed by atoms with Crippen LogP contribution in [0.1, 0.15) is 52.2 Å². The number of Topliss-reactive ketones (excluding diaryl/α,β-unsaturated/α-hetero) is 1. The number of hydrogen-bond donors (Lipinski definition) is 1. The summed E-state index contributed by atoms with van der Waals surface area (Å²) in [5, 5.41) is 12.1. The summed E-state index contributed by atoms with van der Waals surface area (Å²) in [5.74, 6) is -1.33. The highest BCUT2D eigenvalue weighted by molar-refractivity contribution is 7.14. The van der Waals surface area contributed by atoms with Crippen molar-refractivity contribution in [2.45, 2.75) is 40.2 Å². The monoisotopic (exact) mass is 461 g/mol. The Morgan fingerprint density at radius 2 is 1.87 bits per heavy atom. The quantitative estimate of drug-likeness (QED) is 0.547. The molecule has 0 aliphatic carbocycles. The molecule has 0 bridgehead atoms. The summed E-state index contributed by atoms with van der Waals surface area (Å²) >= 11 is 7.34. The van der Waals surface area contributed by atoms with Gasteiger partial charge in [-0.3, -0.25) is 9.59 Å². The van der Waals surface area contributed by atoms with Crippen LogP contribution in [0.2, 0.25) is 5.02 Å². The molecule has 0 saturated carbocycles. The molecule has 0 spiro atoms. The lowest BCUT2D eigenvalue weighted by atomic mass is 9.95. The molecule has 0 saturated heterocycles. The Morgan fingerprint density at radius 1 is 1.23 bits per heavy atom. The minimum Gasteiger partial charge on any atom is -0.503 e. The molecule has 1 aromatic heterocycles. The van der Waals surface area contributed by atoms with Gasteiger partial charge in [0.25, 0.3) is 5.91 Å². The predicted octanol–water partition coefficient (Wildman–Crippen LogP) is 4.72. The summed E-state index contributed by atoms with van der Waals surface area (Å²) in [6.07, 6.45) is 0.741. The van der Waals surface area contributed by atoms with Crippen LogP contribution in [0, 0.1) is 13.8 Å². The molecule has 166 valence electrons. The van der Waals surface area contributed by atoms with Gasteiger partial charge in [-0.15, -0.1) is 11.3 Å². The molecular weight excluding hydrogens is 434 g/mol. The van der Waals surface area contributed by atoms with Gasteiger partial charge in [-0.05, 0) is 57.6 Å². The van der Waals surface area contributed by atoms with Crippen molar-refractivity contribution in [1.29, 1.82) is 0 Å². The van der Waals surface area contributed by atoms with Gasteiger partial charge in [0.1, 0.15) is 0 Å². The number of aryl methyl sites for hydroxylation is 2. The fourth-order valence-corrected chi connectivity index (χ4v) is 4.98. The summed E-state index contributed by atoms with van der Waals surface area (Å²) in [4.78, 5) is 35.1. The zero-order valence-electron chi connectivity index (χ0n) is 18.3. The first kappa shape index (κ1) is 23.4. The second-order valence-electron chi connectivity index (χ2n) is 7.57. The van der Waals surface area contributed by atoms with E-state index in [0.29, 0.717) is 22.1 Å². The van der Waals surface area contributed by atoms with E-state index in [0.717, 1.165) is 36.6 Å². The zero-order valence-corrected chi connectivity index (χ0v) is 19.9. The molecule has 2 aromatic rings. The van der Waals surface area contributed by atoms with Crippen molar-refractivity contribution in [2.75, 3.05) is 26.2 Å². The average Bonchev–Trinajstić information content (AvgIpc) is 3.21. The SMILES string of the molecule is CCN(CC)CCCN1C(=O)C(O)=C(C(=O)c2sc(C)nc2C)C1c1ccc(Cl)cc1. The molecule has 0 fully saturated rings. The number of carbonyl (C=O) groups is 2. The third kappa shape index (κ3) is 4.84. The van der Waals surface area contributed by atoms with Gasteiger partial charge in [0.2, 0.25) is 5.78 Å². The Hall–Kier alpha value is -2.22. The van der Waals surface area contributed by atoms with Crippen molar-refractivity contribution in [3.63, 3.8) is 0 Å². The van der Waals surface area contributed by atoms with E-state index in [4.69, 9.17) is 11.6 Å². The minimum atomic E-state index is -0.657. The molecule has 2 heterocycles. The number of halogens is 1. The van der Waals surface area contributed by atoms with Crippen LogP contribution in [0.4, 0.5) is 0 Å². The summed E-state index contributed by atoms with van der Waals surface area (Å²) in [5.41, 5.74) is 1.46. The van der Waals surface area contributed by atoms with Crippen LogP contribution >= 0.6 is 22.9 Å². The maximum Gasteiger partial charge on any atom is 0.290 e. The van der Waals surface area contributed by atoms with E-state index in [1.54, 1.807) is 36.1 Å². The van der Waals surface area contributed by atoms with Gasteiger partial charge in [-0.2, -0.15) is 0 Å². The minimum absolute atomic E-state index is 0.113. The second kappa shape index (κ2) is 9.94. The van der Waals surface area contributed by atoms with Gasteiger partial charge in [-0.25, -0.2) is 4.98 Å². The number of aliphatic hydroxyl groups is 1. The Labute approximate surface area is 192 Å². The number of carbonyl (C=O) groups excluding carboxylic acids is 2. The van der Waals surface area contributed by atoms with Crippen molar-refractivity contribution in [3.8, 4) is 0 Å². The first-order valence-corrected chi connectivity index (χ1v) is 11.7. The lowest BCUT2D eigenvalue weighted by Gasteiger charge is -2.28. The van der Waals surface area contributed by atoms with Crippen LogP contribution in [0.3, 0.4) is 0 Å². The maximum absolute atomic E-state index is 13.4. The molecule has 3 rings (SSSR count). The van der Waals surface area contributed by atoms with Crippen LogP contribution < -0.4 is 0 Å². The third-order valence-corrected chi connectivity index (χ3v) is 6.94. The highest BCUT2D eigenvalue weighted by atomic mass is 35.5. The molecule has 1 atom stereocenters. The average molecular weight is 462 g/mol. The van der Waals surface area contributed by atoms with Crippen LogP contribution in [0.15, 0.2) is 35.6 Å². The summed E-state index contributed by atoms with van der Waals surface area (Å²) in [6, 6.07) is 6.41. The van der Waals surface area contributed by atoms with Crippen LogP contribution in [0.25, 0.3) is 0 Å². The molecule has 0 radical (unpaired) electrons. The van der Waals surface area contributed by atoms with Crippen molar-refractivity contribution in [2.24, 2.45) is 0 Å². The van der Waals surface area contributed by atoms with Crippen LogP contribution in [-0.4, -0.2) is 57.8 Å². The molecule has 1 aliphatic rings. The fourth-order valence-electron chi connectivity index (χ4n) is 3.98. The molecule has 1 amide bonds. The molecule has 8 heteroatoms. The van der Waals surface area contributed by atoms with E-state index in [1.165, 1.54) is 11.3 Å². The Balaban J connectivity index is 1.97. The summed E-state index contributed by atoms with van der Waals surface area (Å²) < 4.78 is 0. The standard InChI is InChI=1S/C23H28ClN3O3S/c1-5-26(6-2)12-7-13-27-19(16-8-10-17(24)11-9-16)18(21(29)23(27)30)20(28)22-14(3)25-15(4)31-22/h8-11,19,29H,5-7,12-13H2,1-4H3. The third-order valence-electron chi connectivity index (χ3n) is 5.61. The van der Waals surface area contributed by atoms with Crippen LogP contribution in [0.5, 0.6) is 0 Å². The van der Waals surface area contributed by atoms with Gasteiger partial charge in [0.05, 0.1) is 27.2 Å². The van der Waals surface area contributed by atoms with Crippen molar-refractivity contribution in [3.05, 3.63) is 61.8 Å². The molecule has 1 aliphatic heterocycles.